The van der Waals surface area contributed by atoms with Crippen molar-refractivity contribution < 1.29 is 0 Å². The van der Waals surface area contributed by atoms with Gasteiger partial charge in [0.1, 0.15) is 0 Å². The smallest absolute Gasteiger partial charge is 0.225 e. The molecule has 2 N–H and O–H groups in total. The van der Waals surface area contributed by atoms with Gasteiger partial charge >= 0.3 is 0 Å². The molecule has 0 spiro atoms. The van der Waals surface area contributed by atoms with E-state index in [9.17, 15) is 0 Å². The molecule has 4 heteroatoms. The van der Waals surface area contributed by atoms with E-state index >= 15 is 0 Å². The van der Waals surface area contributed by atoms with Crippen LogP contribution in [0, 0.1) is 0 Å². The molecule has 1 aromatic heterocycles. The van der Waals surface area contributed by atoms with Crippen LogP contribution in [0.5, 0.6) is 0 Å². The standard InChI is InChI=1S/C15H26N4/c1-15(2,3)11-9-17-14(18-10-11)19(4)13-7-5-12(16)6-8-13/h9-10,12-13H,5-8,16H2,1-4H3. The summed E-state index contributed by atoms with van der Waals surface area (Å²) in [6, 6.07) is 0.911. The van der Waals surface area contributed by atoms with E-state index in [-0.39, 0.29) is 5.41 Å². The molecule has 2 rings (SSSR count). The molecule has 1 aliphatic carbocycles. The van der Waals surface area contributed by atoms with Gasteiger partial charge in [-0.15, -0.1) is 0 Å². The summed E-state index contributed by atoms with van der Waals surface area (Å²) in [5.74, 6) is 0.827. The fourth-order valence-electron chi connectivity index (χ4n) is 2.54. The molecule has 0 radical (unpaired) electrons. The molecule has 1 aromatic rings. The van der Waals surface area contributed by atoms with E-state index < -0.39 is 0 Å². The molecule has 106 valence electrons. The van der Waals surface area contributed by atoms with E-state index in [0.29, 0.717) is 12.1 Å². The lowest BCUT2D eigenvalue weighted by Crippen LogP contribution is -2.39. The van der Waals surface area contributed by atoms with Gasteiger partial charge in [-0.2, -0.15) is 0 Å². The highest BCUT2D eigenvalue weighted by Gasteiger charge is 2.24. The Labute approximate surface area is 116 Å². The predicted molar refractivity (Wildman–Crippen MR) is 79.4 cm³/mol. The van der Waals surface area contributed by atoms with Gasteiger partial charge in [-0.05, 0) is 36.7 Å². The molecular formula is C15H26N4. The molecule has 4 nitrogen and oxygen atoms in total. The molecule has 0 bridgehead atoms. The van der Waals surface area contributed by atoms with Crippen LogP contribution in [0.15, 0.2) is 12.4 Å². The summed E-state index contributed by atoms with van der Waals surface area (Å²) in [7, 11) is 2.09. The van der Waals surface area contributed by atoms with Crippen molar-refractivity contribution in [1.82, 2.24) is 9.97 Å². The maximum atomic E-state index is 5.95. The summed E-state index contributed by atoms with van der Waals surface area (Å²) < 4.78 is 0. The highest BCUT2D eigenvalue weighted by Crippen LogP contribution is 2.25. The van der Waals surface area contributed by atoms with E-state index in [2.05, 4.69) is 42.7 Å². The third kappa shape index (κ3) is 3.44. The molecular weight excluding hydrogens is 236 g/mol. The van der Waals surface area contributed by atoms with Gasteiger partial charge in [0.05, 0.1) is 0 Å². The zero-order valence-corrected chi connectivity index (χ0v) is 12.6. The van der Waals surface area contributed by atoms with Crippen molar-refractivity contribution in [3.63, 3.8) is 0 Å². The minimum atomic E-state index is 0.106. The Hall–Kier alpha value is -1.16. The van der Waals surface area contributed by atoms with Crippen LogP contribution < -0.4 is 10.6 Å². The summed E-state index contributed by atoms with van der Waals surface area (Å²) in [4.78, 5) is 11.3. The normalized spacial score (nSPS) is 24.3. The molecule has 1 fully saturated rings. The van der Waals surface area contributed by atoms with E-state index in [1.165, 1.54) is 5.56 Å². The molecule has 1 heterocycles. The van der Waals surface area contributed by atoms with E-state index in [1.54, 1.807) is 0 Å². The van der Waals surface area contributed by atoms with Gasteiger partial charge in [0, 0.05) is 31.5 Å². The number of nitrogens with two attached hydrogens (primary N) is 1. The van der Waals surface area contributed by atoms with Gasteiger partial charge in [0.15, 0.2) is 0 Å². The molecule has 0 aromatic carbocycles. The minimum absolute atomic E-state index is 0.106. The third-order valence-electron chi connectivity index (χ3n) is 4.11. The Kier molecular flexibility index (Phi) is 4.09. The zero-order chi connectivity index (χ0) is 14.0. The monoisotopic (exact) mass is 262 g/mol. The Morgan fingerprint density at radius 3 is 2.11 bits per heavy atom. The Morgan fingerprint density at radius 2 is 1.63 bits per heavy atom. The molecule has 1 saturated carbocycles. The Bertz CT molecular complexity index is 399. The highest BCUT2D eigenvalue weighted by molar-refractivity contribution is 5.32. The van der Waals surface area contributed by atoms with Crippen LogP contribution in [0.3, 0.4) is 0 Å². The molecule has 1 aliphatic rings. The number of aromatic nitrogens is 2. The maximum absolute atomic E-state index is 5.95. The SMILES string of the molecule is CN(c1ncc(C(C)(C)C)cn1)C1CCC(N)CC1. The average Bonchev–Trinajstić information content (AvgIpc) is 2.38. The van der Waals surface area contributed by atoms with Crippen molar-refractivity contribution in [3.8, 4) is 0 Å². The summed E-state index contributed by atoms with van der Waals surface area (Å²) in [6.45, 7) is 6.53. The largest absolute Gasteiger partial charge is 0.341 e. The van der Waals surface area contributed by atoms with Crippen LogP contribution in [0.1, 0.15) is 52.0 Å². The van der Waals surface area contributed by atoms with Gasteiger partial charge in [0.2, 0.25) is 5.95 Å². The summed E-state index contributed by atoms with van der Waals surface area (Å²) in [5.41, 5.74) is 7.24. The van der Waals surface area contributed by atoms with E-state index in [0.717, 1.165) is 31.6 Å². The lowest BCUT2D eigenvalue weighted by atomic mass is 9.89. The summed E-state index contributed by atoms with van der Waals surface area (Å²) in [5, 5.41) is 0. The highest BCUT2D eigenvalue weighted by atomic mass is 15.2. The lowest BCUT2D eigenvalue weighted by Gasteiger charge is -2.33. The van der Waals surface area contributed by atoms with Crippen LogP contribution in [0.2, 0.25) is 0 Å². The van der Waals surface area contributed by atoms with Crippen molar-refractivity contribution in [1.29, 1.82) is 0 Å². The Balaban J connectivity index is 2.05. The molecule has 0 amide bonds. The van der Waals surface area contributed by atoms with Gasteiger partial charge in [-0.3, -0.25) is 0 Å². The zero-order valence-electron chi connectivity index (χ0n) is 12.6. The quantitative estimate of drug-likeness (QED) is 0.889. The average molecular weight is 262 g/mol. The van der Waals surface area contributed by atoms with Crippen LogP contribution >= 0.6 is 0 Å². The first-order chi connectivity index (χ1) is 8.88. The summed E-state index contributed by atoms with van der Waals surface area (Å²) >= 11 is 0. The second-order valence-electron chi connectivity index (χ2n) is 6.70. The van der Waals surface area contributed by atoms with Gasteiger partial charge in [-0.25, -0.2) is 9.97 Å². The van der Waals surface area contributed by atoms with Crippen molar-refractivity contribution >= 4 is 5.95 Å². The minimum Gasteiger partial charge on any atom is -0.341 e. The van der Waals surface area contributed by atoms with Gasteiger partial charge < -0.3 is 10.6 Å². The van der Waals surface area contributed by atoms with Crippen LogP contribution in [0.25, 0.3) is 0 Å². The van der Waals surface area contributed by atoms with Crippen molar-refractivity contribution in [2.24, 2.45) is 5.73 Å². The van der Waals surface area contributed by atoms with E-state index in [4.69, 9.17) is 5.73 Å². The maximum Gasteiger partial charge on any atom is 0.225 e. The topological polar surface area (TPSA) is 55.0 Å². The fourth-order valence-corrected chi connectivity index (χ4v) is 2.54. The molecule has 0 unspecified atom stereocenters. The first kappa shape index (κ1) is 14.3. The lowest BCUT2D eigenvalue weighted by molar-refractivity contribution is 0.382. The van der Waals surface area contributed by atoms with Crippen LogP contribution in [-0.4, -0.2) is 29.1 Å². The predicted octanol–water partition coefficient (Wildman–Crippen LogP) is 2.48. The number of hydrogen-bond donors (Lipinski definition) is 1. The number of hydrogen-bond acceptors (Lipinski definition) is 4. The number of anilines is 1. The first-order valence-corrected chi connectivity index (χ1v) is 7.19. The van der Waals surface area contributed by atoms with Crippen molar-refractivity contribution in [3.05, 3.63) is 18.0 Å². The number of rotatable bonds is 2. The fraction of sp³-hybridized carbons (Fsp3) is 0.733. The van der Waals surface area contributed by atoms with E-state index in [1.807, 2.05) is 12.4 Å². The molecule has 19 heavy (non-hydrogen) atoms. The van der Waals surface area contributed by atoms with Gasteiger partial charge in [0.25, 0.3) is 0 Å². The van der Waals surface area contributed by atoms with Crippen LogP contribution in [0.4, 0.5) is 5.95 Å². The summed E-state index contributed by atoms with van der Waals surface area (Å²) in [6.07, 6.45) is 8.40. The number of nitrogens with zero attached hydrogens (tertiary/aromatic N) is 3. The molecule has 0 saturated heterocycles. The van der Waals surface area contributed by atoms with Crippen LogP contribution in [-0.2, 0) is 5.41 Å². The van der Waals surface area contributed by atoms with Gasteiger partial charge in [-0.1, -0.05) is 20.8 Å². The second kappa shape index (κ2) is 5.45. The second-order valence-corrected chi connectivity index (χ2v) is 6.70. The molecule has 0 aliphatic heterocycles. The van der Waals surface area contributed by atoms with Crippen molar-refractivity contribution in [2.45, 2.75) is 64.0 Å². The third-order valence-corrected chi connectivity index (χ3v) is 4.11. The Morgan fingerprint density at radius 1 is 1.11 bits per heavy atom. The first-order valence-electron chi connectivity index (χ1n) is 7.19. The molecule has 0 atom stereocenters. The van der Waals surface area contributed by atoms with Crippen molar-refractivity contribution in [2.75, 3.05) is 11.9 Å².